The number of carbonyl (C=O) groups is 1. The van der Waals surface area contributed by atoms with Crippen LogP contribution in [0, 0.1) is 17.6 Å². The predicted octanol–water partition coefficient (Wildman–Crippen LogP) is 2.61. The largest absolute Gasteiger partial charge is 0.293 e. The van der Waals surface area contributed by atoms with Gasteiger partial charge in [0.05, 0.1) is 5.25 Å². The van der Waals surface area contributed by atoms with Crippen molar-refractivity contribution in [3.63, 3.8) is 0 Å². The van der Waals surface area contributed by atoms with Crippen LogP contribution in [0.15, 0.2) is 18.2 Å². The smallest absolute Gasteiger partial charge is 0.177 e. The van der Waals surface area contributed by atoms with Gasteiger partial charge < -0.3 is 0 Å². The zero-order chi connectivity index (χ0) is 14.8. The molecular weight excluding hydrogens is 274 g/mol. The Labute approximate surface area is 111 Å². The molecule has 0 aliphatic rings. The molecule has 0 fully saturated rings. The maximum absolute atomic E-state index is 13.0. The summed E-state index contributed by atoms with van der Waals surface area (Å²) >= 11 is 0. The van der Waals surface area contributed by atoms with E-state index in [0.717, 1.165) is 12.1 Å². The number of ketones is 1. The molecule has 0 aromatic heterocycles. The number of hydrogen-bond acceptors (Lipinski definition) is 3. The Bertz CT molecular complexity index is 580. The Balaban J connectivity index is 2.94. The molecular formula is C13H16F2O3S. The summed E-state index contributed by atoms with van der Waals surface area (Å²) in [7, 11) is -3.60. The SMILES string of the molecule is CC(C)C(C)S(=O)(=O)CC(=O)c1ccc(F)c(F)c1. The lowest BCUT2D eigenvalue weighted by atomic mass is 10.1. The summed E-state index contributed by atoms with van der Waals surface area (Å²) in [5.41, 5.74) is -0.140. The molecule has 1 unspecified atom stereocenters. The number of hydrogen-bond donors (Lipinski definition) is 0. The van der Waals surface area contributed by atoms with Crippen LogP contribution in [-0.4, -0.2) is 25.2 Å². The number of sulfone groups is 1. The van der Waals surface area contributed by atoms with E-state index in [4.69, 9.17) is 0 Å². The molecule has 0 aliphatic heterocycles. The first-order chi connectivity index (χ1) is 8.65. The first kappa shape index (κ1) is 15.8. The van der Waals surface area contributed by atoms with Crippen molar-refractivity contribution >= 4 is 15.6 Å². The highest BCUT2D eigenvalue weighted by Crippen LogP contribution is 2.15. The normalized spacial score (nSPS) is 13.6. The highest BCUT2D eigenvalue weighted by Gasteiger charge is 2.27. The van der Waals surface area contributed by atoms with E-state index in [-0.39, 0.29) is 11.5 Å². The summed E-state index contributed by atoms with van der Waals surface area (Å²) in [5.74, 6) is -3.79. The lowest BCUT2D eigenvalue weighted by molar-refractivity contribution is 0.102. The van der Waals surface area contributed by atoms with Gasteiger partial charge in [0.15, 0.2) is 27.3 Å². The monoisotopic (exact) mass is 290 g/mol. The van der Waals surface area contributed by atoms with Crippen molar-refractivity contribution in [2.75, 3.05) is 5.75 Å². The van der Waals surface area contributed by atoms with E-state index in [0.29, 0.717) is 6.07 Å². The molecule has 19 heavy (non-hydrogen) atoms. The average Bonchev–Trinajstić information content (AvgIpc) is 2.30. The van der Waals surface area contributed by atoms with E-state index in [1.165, 1.54) is 6.92 Å². The van der Waals surface area contributed by atoms with Crippen LogP contribution in [0.2, 0.25) is 0 Å². The lowest BCUT2D eigenvalue weighted by Crippen LogP contribution is -2.29. The molecule has 1 rings (SSSR count). The van der Waals surface area contributed by atoms with Crippen LogP contribution < -0.4 is 0 Å². The van der Waals surface area contributed by atoms with Gasteiger partial charge in [0.25, 0.3) is 0 Å². The van der Waals surface area contributed by atoms with Gasteiger partial charge in [0.1, 0.15) is 5.75 Å². The molecule has 1 aromatic carbocycles. The van der Waals surface area contributed by atoms with Crippen LogP contribution in [0.1, 0.15) is 31.1 Å². The van der Waals surface area contributed by atoms with Crippen LogP contribution in [0.25, 0.3) is 0 Å². The highest BCUT2D eigenvalue weighted by atomic mass is 32.2. The van der Waals surface area contributed by atoms with E-state index in [1.54, 1.807) is 13.8 Å². The van der Waals surface area contributed by atoms with Crippen LogP contribution in [0.3, 0.4) is 0 Å². The Morgan fingerprint density at radius 3 is 2.21 bits per heavy atom. The number of benzene rings is 1. The summed E-state index contributed by atoms with van der Waals surface area (Å²) in [5, 5.41) is -0.665. The molecule has 0 saturated carbocycles. The van der Waals surface area contributed by atoms with Gasteiger partial charge in [-0.05, 0) is 31.0 Å². The first-order valence-electron chi connectivity index (χ1n) is 5.85. The van der Waals surface area contributed by atoms with Crippen molar-refractivity contribution < 1.29 is 22.0 Å². The predicted molar refractivity (Wildman–Crippen MR) is 68.8 cm³/mol. The van der Waals surface area contributed by atoms with Crippen molar-refractivity contribution in [2.45, 2.75) is 26.0 Å². The van der Waals surface area contributed by atoms with Gasteiger partial charge in [-0.25, -0.2) is 17.2 Å². The minimum Gasteiger partial charge on any atom is -0.293 e. The number of rotatable bonds is 5. The Hall–Kier alpha value is -1.30. The molecule has 0 saturated heterocycles. The second-order valence-electron chi connectivity index (χ2n) is 4.81. The van der Waals surface area contributed by atoms with Crippen LogP contribution in [0.4, 0.5) is 8.78 Å². The topological polar surface area (TPSA) is 51.2 Å². The Morgan fingerprint density at radius 2 is 1.74 bits per heavy atom. The van der Waals surface area contributed by atoms with E-state index >= 15 is 0 Å². The molecule has 6 heteroatoms. The number of halogens is 2. The van der Waals surface area contributed by atoms with Crippen molar-refractivity contribution in [2.24, 2.45) is 5.92 Å². The second-order valence-corrected chi connectivity index (χ2v) is 7.17. The average molecular weight is 290 g/mol. The molecule has 106 valence electrons. The van der Waals surface area contributed by atoms with Gasteiger partial charge in [-0.2, -0.15) is 0 Å². The van der Waals surface area contributed by atoms with E-state index in [9.17, 15) is 22.0 Å². The van der Waals surface area contributed by atoms with Gasteiger partial charge in [0, 0.05) is 5.56 Å². The quantitative estimate of drug-likeness (QED) is 0.783. The summed E-state index contributed by atoms with van der Waals surface area (Å²) in [4.78, 5) is 11.8. The summed E-state index contributed by atoms with van der Waals surface area (Å²) < 4.78 is 49.5. The third-order valence-electron chi connectivity index (χ3n) is 3.08. The zero-order valence-corrected chi connectivity index (χ0v) is 11.8. The summed E-state index contributed by atoms with van der Waals surface area (Å²) in [6.07, 6.45) is 0. The van der Waals surface area contributed by atoms with Crippen LogP contribution in [-0.2, 0) is 9.84 Å². The van der Waals surface area contributed by atoms with Gasteiger partial charge in [-0.15, -0.1) is 0 Å². The first-order valence-corrected chi connectivity index (χ1v) is 7.56. The molecule has 0 heterocycles. The van der Waals surface area contributed by atoms with E-state index in [1.807, 2.05) is 0 Å². The maximum atomic E-state index is 13.0. The Kier molecular flexibility index (Phi) is 4.79. The molecule has 1 atom stereocenters. The minimum atomic E-state index is -3.60. The second kappa shape index (κ2) is 5.77. The number of carbonyl (C=O) groups excluding carboxylic acids is 1. The highest BCUT2D eigenvalue weighted by molar-refractivity contribution is 7.92. The van der Waals surface area contributed by atoms with E-state index < -0.39 is 38.3 Å². The van der Waals surface area contributed by atoms with Crippen molar-refractivity contribution in [1.82, 2.24) is 0 Å². The van der Waals surface area contributed by atoms with Gasteiger partial charge in [-0.1, -0.05) is 13.8 Å². The van der Waals surface area contributed by atoms with Crippen molar-refractivity contribution in [3.05, 3.63) is 35.4 Å². The van der Waals surface area contributed by atoms with Crippen molar-refractivity contribution in [1.29, 1.82) is 0 Å². The third-order valence-corrected chi connectivity index (χ3v) is 5.42. The number of Topliss-reactive ketones (excluding diaryl/α,β-unsaturated/α-hetero) is 1. The van der Waals surface area contributed by atoms with E-state index in [2.05, 4.69) is 0 Å². The summed E-state index contributed by atoms with van der Waals surface area (Å²) in [6, 6.07) is 2.60. The summed E-state index contributed by atoms with van der Waals surface area (Å²) in [6.45, 7) is 5.01. The van der Waals surface area contributed by atoms with Crippen molar-refractivity contribution in [3.8, 4) is 0 Å². The fourth-order valence-electron chi connectivity index (χ4n) is 1.48. The molecule has 3 nitrogen and oxygen atoms in total. The molecule has 0 radical (unpaired) electrons. The molecule has 0 spiro atoms. The van der Waals surface area contributed by atoms with Gasteiger partial charge in [0.2, 0.25) is 0 Å². The molecule has 0 amide bonds. The van der Waals surface area contributed by atoms with Crippen LogP contribution >= 0.6 is 0 Å². The standard InChI is InChI=1S/C13H16F2O3S/c1-8(2)9(3)19(17,18)7-13(16)10-4-5-11(14)12(15)6-10/h4-6,8-9H,7H2,1-3H3. The molecule has 1 aromatic rings. The lowest BCUT2D eigenvalue weighted by Gasteiger charge is -2.15. The zero-order valence-electron chi connectivity index (χ0n) is 11.0. The Morgan fingerprint density at radius 1 is 1.16 bits per heavy atom. The van der Waals surface area contributed by atoms with Crippen LogP contribution in [0.5, 0.6) is 0 Å². The van der Waals surface area contributed by atoms with Gasteiger partial charge >= 0.3 is 0 Å². The maximum Gasteiger partial charge on any atom is 0.177 e. The molecule has 0 bridgehead atoms. The third kappa shape index (κ3) is 3.83. The fourth-order valence-corrected chi connectivity index (χ4v) is 3.11. The molecule has 0 N–H and O–H groups in total. The molecule has 0 aliphatic carbocycles. The van der Waals surface area contributed by atoms with Gasteiger partial charge in [-0.3, -0.25) is 4.79 Å². The fraction of sp³-hybridized carbons (Fsp3) is 0.462. The minimum absolute atomic E-state index is 0.122.